The van der Waals surface area contributed by atoms with Gasteiger partial charge in [-0.15, -0.1) is 11.3 Å². The number of fused-ring (bicyclic) bond motifs is 1. The lowest BCUT2D eigenvalue weighted by molar-refractivity contribution is -0.135. The number of amides is 2. The molecule has 0 aliphatic heterocycles. The van der Waals surface area contributed by atoms with E-state index in [4.69, 9.17) is 0 Å². The summed E-state index contributed by atoms with van der Waals surface area (Å²) in [5.41, 5.74) is 0.669. The molecule has 1 aromatic carbocycles. The van der Waals surface area contributed by atoms with Gasteiger partial charge < -0.3 is 25.8 Å². The quantitative estimate of drug-likeness (QED) is 0.274. The summed E-state index contributed by atoms with van der Waals surface area (Å²) in [6.45, 7) is 7.24. The number of aromatic nitrogens is 2. The SMILES string of the molecule is CCN(CC)CCNC(=O)c1c[nH]c2ccc(NC=c3sc(=C(C#N)C(=O)NCC(F)(F)F)n(CC)c3=O)cc12. The molecule has 14 heteroatoms. The molecular weight excluding hydrogens is 547 g/mol. The summed E-state index contributed by atoms with van der Waals surface area (Å²) in [5.74, 6) is -1.44. The Hall–Kier alpha value is -4.09. The summed E-state index contributed by atoms with van der Waals surface area (Å²) >= 11 is 0.809. The van der Waals surface area contributed by atoms with Crippen molar-refractivity contribution in [3.05, 3.63) is 49.5 Å². The van der Waals surface area contributed by atoms with Crippen molar-refractivity contribution in [1.82, 2.24) is 25.1 Å². The summed E-state index contributed by atoms with van der Waals surface area (Å²) < 4.78 is 38.8. The number of aromatic amines is 1. The number of nitriles is 1. The maximum atomic E-state index is 12.9. The van der Waals surface area contributed by atoms with Crippen LogP contribution >= 0.6 is 11.3 Å². The van der Waals surface area contributed by atoms with E-state index in [-0.39, 0.29) is 21.6 Å². The summed E-state index contributed by atoms with van der Waals surface area (Å²) in [6.07, 6.45) is -1.63. The molecule has 2 heterocycles. The Bertz CT molecular complexity index is 1590. The number of benzene rings is 1. The highest BCUT2D eigenvalue weighted by molar-refractivity contribution is 7.07. The van der Waals surface area contributed by atoms with Gasteiger partial charge in [0.05, 0.1) is 5.56 Å². The summed E-state index contributed by atoms with van der Waals surface area (Å²) in [7, 11) is 0. The van der Waals surface area contributed by atoms with E-state index in [0.717, 1.165) is 41.1 Å². The molecule has 0 aliphatic carbocycles. The molecule has 3 aromatic rings. The van der Waals surface area contributed by atoms with Crippen molar-refractivity contribution in [3.63, 3.8) is 0 Å². The van der Waals surface area contributed by atoms with Crippen molar-refractivity contribution >= 4 is 51.5 Å². The predicted molar refractivity (Wildman–Crippen MR) is 148 cm³/mol. The van der Waals surface area contributed by atoms with Crippen LogP contribution < -0.4 is 30.7 Å². The minimum Gasteiger partial charge on any atom is -0.360 e. The van der Waals surface area contributed by atoms with E-state index in [1.165, 1.54) is 6.20 Å². The third-order valence-electron chi connectivity index (χ3n) is 6.13. The predicted octanol–water partition coefficient (Wildman–Crippen LogP) is 1.69. The molecule has 0 aliphatic rings. The Balaban J connectivity index is 1.88. The lowest BCUT2D eigenvalue weighted by atomic mass is 10.1. The Morgan fingerprint density at radius 1 is 1.20 bits per heavy atom. The first kappa shape index (κ1) is 30.5. The topological polar surface area (TPSA) is 135 Å². The number of carbonyl (C=O) groups excluding carboxylic acids is 2. The van der Waals surface area contributed by atoms with Crippen molar-refractivity contribution in [2.24, 2.45) is 0 Å². The molecule has 0 atom stereocenters. The number of hydrogen-bond acceptors (Lipinski definition) is 7. The molecule has 2 amide bonds. The molecule has 10 nitrogen and oxygen atoms in total. The Morgan fingerprint density at radius 2 is 1.93 bits per heavy atom. The van der Waals surface area contributed by atoms with Crippen molar-refractivity contribution in [2.75, 3.05) is 38.0 Å². The van der Waals surface area contributed by atoms with E-state index in [1.54, 1.807) is 42.7 Å². The average Bonchev–Trinajstić information content (AvgIpc) is 3.49. The number of hydrogen-bond donors (Lipinski definition) is 4. The lowest BCUT2D eigenvalue weighted by Gasteiger charge is -2.17. The first-order valence-electron chi connectivity index (χ1n) is 12.6. The van der Waals surface area contributed by atoms with Crippen molar-refractivity contribution in [2.45, 2.75) is 33.5 Å². The standard InChI is InChI=1S/C26H30F3N7O3S/c1-4-35(5-2)10-9-31-23(38)19-13-33-20-8-7-16(11-17(19)20)32-14-21-24(39)36(6-3)25(40-21)18(12-30)22(37)34-15-26(27,28)29/h7-8,11,13-14,32-33H,4-6,9-10,15H2,1-3H3,(H,31,38)(H,34,37). The van der Waals surface area contributed by atoms with Crippen LogP contribution in [0.15, 0.2) is 29.2 Å². The molecular formula is C26H30F3N7O3S. The molecule has 0 radical (unpaired) electrons. The van der Waals surface area contributed by atoms with E-state index in [2.05, 4.69) is 34.4 Å². The molecule has 0 spiro atoms. The van der Waals surface area contributed by atoms with Gasteiger partial charge >= 0.3 is 6.18 Å². The van der Waals surface area contributed by atoms with Gasteiger partial charge in [-0.2, -0.15) is 18.4 Å². The highest BCUT2D eigenvalue weighted by Crippen LogP contribution is 2.22. The number of H-pyrrole nitrogens is 1. The molecule has 214 valence electrons. The molecule has 0 saturated carbocycles. The van der Waals surface area contributed by atoms with Crippen molar-refractivity contribution < 1.29 is 22.8 Å². The van der Waals surface area contributed by atoms with Crippen LogP contribution in [0.5, 0.6) is 0 Å². The molecule has 2 aromatic heterocycles. The zero-order valence-corrected chi connectivity index (χ0v) is 23.1. The zero-order valence-electron chi connectivity index (χ0n) is 22.2. The van der Waals surface area contributed by atoms with E-state index in [9.17, 15) is 32.8 Å². The Labute approximate surface area is 231 Å². The smallest absolute Gasteiger partial charge is 0.360 e. The number of likely N-dealkylation sites (N-methyl/N-ethyl adjacent to an activating group) is 1. The molecule has 0 bridgehead atoms. The number of anilines is 1. The minimum atomic E-state index is -4.65. The number of thiazole rings is 1. The van der Waals surface area contributed by atoms with Crippen LogP contribution in [0.3, 0.4) is 0 Å². The Morgan fingerprint density at radius 3 is 2.55 bits per heavy atom. The van der Waals surface area contributed by atoms with E-state index in [1.807, 2.05) is 0 Å². The van der Waals surface area contributed by atoms with Crippen LogP contribution in [0.25, 0.3) is 22.7 Å². The lowest BCUT2D eigenvalue weighted by Crippen LogP contribution is -2.37. The Kier molecular flexibility index (Phi) is 10.1. The van der Waals surface area contributed by atoms with Gasteiger partial charge in [0.25, 0.3) is 17.4 Å². The van der Waals surface area contributed by atoms with Crippen molar-refractivity contribution in [1.29, 1.82) is 5.26 Å². The van der Waals surface area contributed by atoms with Gasteiger partial charge in [-0.3, -0.25) is 19.0 Å². The third-order valence-corrected chi connectivity index (χ3v) is 7.26. The minimum absolute atomic E-state index is 0.0486. The van der Waals surface area contributed by atoms with Crippen LogP contribution in [0.2, 0.25) is 0 Å². The van der Waals surface area contributed by atoms with Gasteiger partial charge in [0.15, 0.2) is 5.57 Å². The van der Waals surface area contributed by atoms with Gasteiger partial charge in [-0.1, -0.05) is 13.8 Å². The molecule has 40 heavy (non-hydrogen) atoms. The van der Waals surface area contributed by atoms with E-state index < -0.39 is 29.8 Å². The van der Waals surface area contributed by atoms with Crippen LogP contribution in [-0.2, 0) is 11.3 Å². The maximum Gasteiger partial charge on any atom is 0.405 e. The maximum absolute atomic E-state index is 12.9. The van der Waals surface area contributed by atoms with Gasteiger partial charge in [-0.05, 0) is 38.2 Å². The number of alkyl halides is 3. The number of nitrogens with zero attached hydrogens (tertiary/aromatic N) is 3. The zero-order chi connectivity index (χ0) is 29.4. The fraction of sp³-hybridized carbons (Fsp3) is 0.385. The number of halogens is 3. The van der Waals surface area contributed by atoms with Gasteiger partial charge in [0, 0.05) is 48.6 Å². The number of nitrogens with one attached hydrogen (secondary N) is 4. The molecule has 0 fully saturated rings. The monoisotopic (exact) mass is 577 g/mol. The van der Waals surface area contributed by atoms with Crippen molar-refractivity contribution in [3.8, 4) is 6.07 Å². The normalized spacial score (nSPS) is 12.9. The second-order valence-corrected chi connectivity index (χ2v) is 9.67. The largest absolute Gasteiger partial charge is 0.405 e. The van der Waals surface area contributed by atoms with Crippen LogP contribution in [0.4, 0.5) is 18.9 Å². The fourth-order valence-corrected chi connectivity index (χ4v) is 5.05. The van der Waals surface area contributed by atoms with Gasteiger partial charge in [-0.25, -0.2) is 0 Å². The van der Waals surface area contributed by atoms with Crippen LogP contribution in [0, 0.1) is 11.3 Å². The number of carbonyl (C=O) groups is 2. The second-order valence-electron chi connectivity index (χ2n) is 8.64. The molecule has 0 unspecified atom stereocenters. The molecule has 3 rings (SSSR count). The summed E-state index contributed by atoms with van der Waals surface area (Å²) in [5, 5.41) is 17.7. The first-order valence-corrected chi connectivity index (χ1v) is 13.4. The van der Waals surface area contributed by atoms with Crippen LogP contribution in [-0.4, -0.2) is 65.2 Å². The number of rotatable bonds is 11. The fourth-order valence-electron chi connectivity index (χ4n) is 3.97. The van der Waals surface area contributed by atoms with Gasteiger partial charge in [0.2, 0.25) is 0 Å². The summed E-state index contributed by atoms with van der Waals surface area (Å²) in [4.78, 5) is 43.2. The van der Waals surface area contributed by atoms with E-state index >= 15 is 0 Å². The highest BCUT2D eigenvalue weighted by atomic mass is 32.1. The van der Waals surface area contributed by atoms with Crippen LogP contribution in [0.1, 0.15) is 31.1 Å². The first-order chi connectivity index (χ1) is 19.0. The highest BCUT2D eigenvalue weighted by Gasteiger charge is 2.29. The average molecular weight is 578 g/mol. The molecule has 0 saturated heterocycles. The molecule has 4 N–H and O–H groups in total. The second kappa shape index (κ2) is 13.3. The third kappa shape index (κ3) is 7.30. The van der Waals surface area contributed by atoms with E-state index in [0.29, 0.717) is 23.2 Å². The summed E-state index contributed by atoms with van der Waals surface area (Å²) in [6, 6.07) is 6.87. The van der Waals surface area contributed by atoms with Gasteiger partial charge in [0.1, 0.15) is 21.8 Å².